The van der Waals surface area contributed by atoms with Crippen LogP contribution in [0.25, 0.3) is 0 Å². The molecule has 9 heteroatoms. The zero-order valence-electron chi connectivity index (χ0n) is 15.4. The summed E-state index contributed by atoms with van der Waals surface area (Å²) in [6.45, 7) is 14.0. The van der Waals surface area contributed by atoms with E-state index in [9.17, 15) is 14.4 Å². The Morgan fingerprint density at radius 1 is 0.692 bits per heavy atom. The number of rotatable bonds is 6. The molecule has 0 unspecified atom stereocenters. The highest BCUT2D eigenvalue weighted by Crippen LogP contribution is 2.37. The highest BCUT2D eigenvalue weighted by molar-refractivity contribution is 5.79. The molecule has 0 aromatic rings. The number of carboxylic acid groups (broad SMARTS) is 3. The third-order valence-corrected chi connectivity index (χ3v) is 3.02. The number of carboxylic acids is 3. The highest BCUT2D eigenvalue weighted by Gasteiger charge is 2.40. The number of aliphatic hydroxyl groups excluding tert-OH is 3. The number of aliphatic hydroxyl groups is 3. The summed E-state index contributed by atoms with van der Waals surface area (Å²) in [4.78, 5) is 27.8. The Labute approximate surface area is 153 Å². The van der Waals surface area contributed by atoms with Crippen LogP contribution in [0.5, 0.6) is 0 Å². The molecule has 0 amide bonds. The first kappa shape index (κ1) is 31.3. The van der Waals surface area contributed by atoms with Crippen molar-refractivity contribution in [2.75, 3.05) is 19.8 Å². The van der Waals surface area contributed by atoms with Crippen LogP contribution in [0.4, 0.5) is 0 Å². The summed E-state index contributed by atoms with van der Waals surface area (Å²) in [5.41, 5.74) is -1.06. The van der Waals surface area contributed by atoms with E-state index in [-0.39, 0.29) is 25.2 Å². The van der Waals surface area contributed by atoms with Gasteiger partial charge in [0.05, 0.1) is 19.8 Å². The Morgan fingerprint density at radius 3 is 0.846 bits per heavy atom. The smallest absolute Gasteiger partial charge is 0.327 e. The van der Waals surface area contributed by atoms with Gasteiger partial charge in [-0.2, -0.15) is 0 Å². The lowest BCUT2D eigenvalue weighted by atomic mass is 9.68. The zero-order valence-corrected chi connectivity index (χ0v) is 15.4. The van der Waals surface area contributed by atoms with E-state index in [0.717, 1.165) is 18.2 Å². The fraction of sp³-hybridized carbons (Fsp3) is 0.471. The Hall–Kier alpha value is -2.49. The Bertz CT molecular complexity index is 393. The molecular formula is C17H30O9. The predicted octanol–water partition coefficient (Wildman–Crippen LogP) is 0.767. The lowest BCUT2D eigenvalue weighted by Gasteiger charge is -2.40. The second kappa shape index (κ2) is 17.3. The van der Waals surface area contributed by atoms with Gasteiger partial charge in [0.2, 0.25) is 0 Å². The fourth-order valence-electron chi connectivity index (χ4n) is 0.862. The van der Waals surface area contributed by atoms with Gasteiger partial charge in [0, 0.05) is 23.6 Å². The van der Waals surface area contributed by atoms with Crippen LogP contribution in [0, 0.1) is 10.8 Å². The third-order valence-electron chi connectivity index (χ3n) is 3.02. The predicted molar refractivity (Wildman–Crippen MR) is 96.6 cm³/mol. The SMILES string of the molecule is C=CC(=O)O.C=CC(=O)O.C=CC(=O)O.CC(C)(C)C(CO)(CO)CO. The van der Waals surface area contributed by atoms with Crippen LogP contribution in [-0.2, 0) is 14.4 Å². The van der Waals surface area contributed by atoms with Gasteiger partial charge in [-0.15, -0.1) is 0 Å². The fourth-order valence-corrected chi connectivity index (χ4v) is 0.862. The minimum Gasteiger partial charge on any atom is -0.478 e. The number of aliphatic carboxylic acids is 3. The summed E-state index contributed by atoms with van der Waals surface area (Å²) in [6.07, 6.45) is 2.50. The third kappa shape index (κ3) is 19.6. The van der Waals surface area contributed by atoms with Crippen molar-refractivity contribution in [3.63, 3.8) is 0 Å². The second-order valence-electron chi connectivity index (χ2n) is 5.63. The van der Waals surface area contributed by atoms with Crippen LogP contribution in [0.15, 0.2) is 38.0 Å². The lowest BCUT2D eigenvalue weighted by molar-refractivity contribution is -0.132. The summed E-state index contributed by atoms with van der Waals surface area (Å²) >= 11 is 0. The maximum Gasteiger partial charge on any atom is 0.327 e. The summed E-state index contributed by atoms with van der Waals surface area (Å²) < 4.78 is 0. The molecule has 0 rings (SSSR count). The van der Waals surface area contributed by atoms with E-state index in [0.29, 0.717) is 0 Å². The van der Waals surface area contributed by atoms with Gasteiger partial charge in [-0.3, -0.25) is 0 Å². The van der Waals surface area contributed by atoms with Crippen LogP contribution in [0.3, 0.4) is 0 Å². The van der Waals surface area contributed by atoms with E-state index < -0.39 is 23.3 Å². The van der Waals surface area contributed by atoms with Crippen LogP contribution in [0.1, 0.15) is 20.8 Å². The van der Waals surface area contributed by atoms with Crippen molar-refractivity contribution < 1.29 is 45.0 Å². The van der Waals surface area contributed by atoms with E-state index >= 15 is 0 Å². The molecule has 26 heavy (non-hydrogen) atoms. The van der Waals surface area contributed by atoms with Gasteiger partial charge in [-0.05, 0) is 5.41 Å². The van der Waals surface area contributed by atoms with Crippen molar-refractivity contribution in [2.24, 2.45) is 10.8 Å². The molecule has 152 valence electrons. The molecule has 0 aliphatic carbocycles. The maximum atomic E-state index is 9.25. The van der Waals surface area contributed by atoms with Gasteiger partial charge >= 0.3 is 17.9 Å². The van der Waals surface area contributed by atoms with E-state index in [4.69, 9.17) is 30.6 Å². The zero-order chi connectivity index (χ0) is 22.0. The van der Waals surface area contributed by atoms with Crippen molar-refractivity contribution in [1.29, 1.82) is 0 Å². The van der Waals surface area contributed by atoms with E-state index in [2.05, 4.69) is 19.7 Å². The first-order valence-electron chi connectivity index (χ1n) is 7.13. The van der Waals surface area contributed by atoms with Crippen molar-refractivity contribution in [1.82, 2.24) is 0 Å². The number of carbonyl (C=O) groups is 3. The van der Waals surface area contributed by atoms with Gasteiger partial charge in [0.25, 0.3) is 0 Å². The molecule has 0 aliphatic heterocycles. The van der Waals surface area contributed by atoms with E-state index in [1.807, 2.05) is 20.8 Å². The van der Waals surface area contributed by atoms with Gasteiger partial charge in [0.1, 0.15) is 0 Å². The van der Waals surface area contributed by atoms with Crippen molar-refractivity contribution >= 4 is 17.9 Å². The van der Waals surface area contributed by atoms with Gasteiger partial charge in [-0.25, -0.2) is 14.4 Å². The van der Waals surface area contributed by atoms with Gasteiger partial charge < -0.3 is 30.6 Å². The van der Waals surface area contributed by atoms with Gasteiger partial charge in [-0.1, -0.05) is 40.5 Å². The van der Waals surface area contributed by atoms with E-state index in [1.54, 1.807) is 0 Å². The standard InChI is InChI=1S/C8H18O3.3C3H4O2/c1-7(2,3)8(4-9,5-10)6-11;3*1-2-3(4)5/h9-11H,4-6H2,1-3H3;3*2H,1H2,(H,4,5). The molecule has 0 saturated carbocycles. The average molecular weight is 378 g/mol. The first-order valence-corrected chi connectivity index (χ1v) is 7.13. The topological polar surface area (TPSA) is 173 Å². The minimum atomic E-state index is -0.981. The molecule has 0 aliphatic rings. The molecule has 0 saturated heterocycles. The Morgan fingerprint density at radius 2 is 0.846 bits per heavy atom. The molecule has 0 radical (unpaired) electrons. The van der Waals surface area contributed by atoms with E-state index in [1.165, 1.54) is 0 Å². The molecule has 0 aromatic heterocycles. The molecule has 6 N–H and O–H groups in total. The summed E-state index contributed by atoms with van der Waals surface area (Å²) in [5.74, 6) is -2.94. The van der Waals surface area contributed by atoms with Crippen LogP contribution < -0.4 is 0 Å². The Kier molecular flexibility index (Phi) is 20.9. The number of hydrogen-bond donors (Lipinski definition) is 6. The molecule has 0 atom stereocenters. The minimum absolute atomic E-state index is 0.191. The highest BCUT2D eigenvalue weighted by atomic mass is 16.4. The normalized spacial score (nSPS) is 9.46. The molecule has 0 bridgehead atoms. The van der Waals surface area contributed by atoms with Gasteiger partial charge in [0.15, 0.2) is 0 Å². The lowest BCUT2D eigenvalue weighted by Crippen LogP contribution is -2.45. The van der Waals surface area contributed by atoms with Crippen LogP contribution >= 0.6 is 0 Å². The molecule has 9 nitrogen and oxygen atoms in total. The van der Waals surface area contributed by atoms with Crippen LogP contribution in [0.2, 0.25) is 0 Å². The van der Waals surface area contributed by atoms with Crippen molar-refractivity contribution in [3.05, 3.63) is 38.0 Å². The molecule has 0 fully saturated rings. The summed E-state index contributed by atoms with van der Waals surface area (Å²) in [6, 6.07) is 0. The molecule has 0 aromatic carbocycles. The maximum absolute atomic E-state index is 9.25. The molecule has 0 heterocycles. The molecule has 0 spiro atoms. The largest absolute Gasteiger partial charge is 0.478 e. The number of hydrogen-bond acceptors (Lipinski definition) is 6. The second-order valence-corrected chi connectivity index (χ2v) is 5.63. The summed E-state index contributed by atoms with van der Waals surface area (Å²) in [5, 5.41) is 49.8. The van der Waals surface area contributed by atoms with Crippen molar-refractivity contribution in [3.8, 4) is 0 Å². The molecular weight excluding hydrogens is 348 g/mol. The Balaban J connectivity index is -0.000000136. The summed E-state index contributed by atoms with van der Waals surface area (Å²) in [7, 11) is 0. The quantitative estimate of drug-likeness (QED) is 0.365. The average Bonchev–Trinajstić information content (AvgIpc) is 2.57. The monoisotopic (exact) mass is 378 g/mol. The van der Waals surface area contributed by atoms with Crippen LogP contribution in [-0.4, -0.2) is 68.4 Å². The first-order chi connectivity index (χ1) is 11.7. The van der Waals surface area contributed by atoms with Crippen molar-refractivity contribution in [2.45, 2.75) is 20.8 Å².